The fraction of sp³-hybridized carbons (Fsp3) is 0.235. The third-order valence-electron chi connectivity index (χ3n) is 3.55. The molecule has 1 aromatic carbocycles. The summed E-state index contributed by atoms with van der Waals surface area (Å²) in [6.45, 7) is 4.68. The standard InChI is InChI=1S/C17H17N3O2S/c1-3-20-16(15-9-6-10-22-15)18-19-17(20)23-11-14(21)13-8-5-4-7-12(13)2/h4-10H,3,11H2,1-2H3. The number of aryl methyl sites for hydroxylation is 1. The Hall–Kier alpha value is -2.34. The molecule has 2 aromatic heterocycles. The van der Waals surface area contributed by atoms with Crippen LogP contribution in [0.15, 0.2) is 52.2 Å². The molecule has 0 aliphatic rings. The first-order valence-corrected chi connectivity index (χ1v) is 8.38. The summed E-state index contributed by atoms with van der Waals surface area (Å²) < 4.78 is 7.34. The molecule has 0 aliphatic carbocycles. The van der Waals surface area contributed by atoms with Crippen molar-refractivity contribution in [1.29, 1.82) is 0 Å². The number of hydrogen-bond donors (Lipinski definition) is 0. The van der Waals surface area contributed by atoms with Gasteiger partial charge in [0.25, 0.3) is 0 Å². The zero-order chi connectivity index (χ0) is 16.2. The van der Waals surface area contributed by atoms with E-state index in [0.717, 1.165) is 16.3 Å². The predicted octanol–water partition coefficient (Wildman–Crippen LogP) is 3.84. The molecule has 0 atom stereocenters. The van der Waals surface area contributed by atoms with Crippen LogP contribution in [0.1, 0.15) is 22.8 Å². The van der Waals surface area contributed by atoms with Gasteiger partial charge in [0.15, 0.2) is 22.5 Å². The Bertz CT molecular complexity index is 809. The van der Waals surface area contributed by atoms with Crippen LogP contribution in [-0.2, 0) is 6.54 Å². The van der Waals surface area contributed by atoms with E-state index in [9.17, 15) is 4.79 Å². The molecule has 0 aliphatic heterocycles. The van der Waals surface area contributed by atoms with Crippen LogP contribution in [0.5, 0.6) is 0 Å². The van der Waals surface area contributed by atoms with Crippen molar-refractivity contribution in [2.24, 2.45) is 0 Å². The fourth-order valence-corrected chi connectivity index (χ4v) is 3.25. The summed E-state index contributed by atoms with van der Waals surface area (Å²) in [5, 5.41) is 9.10. The molecule has 0 saturated carbocycles. The molecule has 5 nitrogen and oxygen atoms in total. The van der Waals surface area contributed by atoms with Crippen LogP contribution in [0, 0.1) is 6.92 Å². The summed E-state index contributed by atoms with van der Waals surface area (Å²) in [6, 6.07) is 11.3. The topological polar surface area (TPSA) is 60.9 Å². The third kappa shape index (κ3) is 3.22. The summed E-state index contributed by atoms with van der Waals surface area (Å²) in [5.41, 5.74) is 1.75. The molecular formula is C17H17N3O2S. The maximum Gasteiger partial charge on any atom is 0.200 e. The van der Waals surface area contributed by atoms with Gasteiger partial charge >= 0.3 is 0 Å². The van der Waals surface area contributed by atoms with Crippen LogP contribution in [0.4, 0.5) is 0 Å². The van der Waals surface area contributed by atoms with Gasteiger partial charge in [-0.3, -0.25) is 9.36 Å². The van der Waals surface area contributed by atoms with Crippen molar-refractivity contribution in [1.82, 2.24) is 14.8 Å². The number of thioether (sulfide) groups is 1. The summed E-state index contributed by atoms with van der Waals surface area (Å²) in [7, 11) is 0. The van der Waals surface area contributed by atoms with E-state index in [0.29, 0.717) is 23.9 Å². The summed E-state index contributed by atoms with van der Waals surface area (Å²) >= 11 is 1.40. The van der Waals surface area contributed by atoms with Gasteiger partial charge in [-0.2, -0.15) is 0 Å². The van der Waals surface area contributed by atoms with E-state index in [2.05, 4.69) is 10.2 Å². The van der Waals surface area contributed by atoms with Crippen LogP contribution >= 0.6 is 11.8 Å². The van der Waals surface area contributed by atoms with Crippen molar-refractivity contribution in [2.45, 2.75) is 25.5 Å². The lowest BCUT2D eigenvalue weighted by Crippen LogP contribution is -2.06. The number of hydrogen-bond acceptors (Lipinski definition) is 5. The van der Waals surface area contributed by atoms with E-state index < -0.39 is 0 Å². The number of Topliss-reactive ketones (excluding diaryl/α,β-unsaturated/α-hetero) is 1. The molecule has 6 heteroatoms. The van der Waals surface area contributed by atoms with Crippen LogP contribution in [0.3, 0.4) is 0 Å². The first kappa shape index (κ1) is 15.6. The summed E-state index contributed by atoms with van der Waals surface area (Å²) in [6.07, 6.45) is 1.61. The minimum absolute atomic E-state index is 0.0956. The minimum Gasteiger partial charge on any atom is -0.461 e. The van der Waals surface area contributed by atoms with Gasteiger partial charge < -0.3 is 4.42 Å². The minimum atomic E-state index is 0.0956. The zero-order valence-electron chi connectivity index (χ0n) is 13.0. The lowest BCUT2D eigenvalue weighted by molar-refractivity contribution is 0.102. The molecule has 0 amide bonds. The van der Waals surface area contributed by atoms with E-state index in [1.807, 2.05) is 54.8 Å². The smallest absolute Gasteiger partial charge is 0.200 e. The summed E-state index contributed by atoms with van der Waals surface area (Å²) in [4.78, 5) is 12.4. The monoisotopic (exact) mass is 327 g/mol. The number of benzene rings is 1. The highest BCUT2D eigenvalue weighted by Gasteiger charge is 2.17. The van der Waals surface area contributed by atoms with Gasteiger partial charge in [-0.15, -0.1) is 10.2 Å². The predicted molar refractivity (Wildman–Crippen MR) is 89.6 cm³/mol. The van der Waals surface area contributed by atoms with Crippen LogP contribution in [0.2, 0.25) is 0 Å². The van der Waals surface area contributed by atoms with Gasteiger partial charge in [0, 0.05) is 12.1 Å². The van der Waals surface area contributed by atoms with Gasteiger partial charge in [-0.05, 0) is 31.5 Å². The number of carbonyl (C=O) groups excluding carboxylic acids is 1. The lowest BCUT2D eigenvalue weighted by atomic mass is 10.1. The third-order valence-corrected chi connectivity index (χ3v) is 4.52. The van der Waals surface area contributed by atoms with Gasteiger partial charge in [0.1, 0.15) is 0 Å². The largest absolute Gasteiger partial charge is 0.461 e. The molecule has 0 spiro atoms. The molecule has 118 valence electrons. The highest BCUT2D eigenvalue weighted by atomic mass is 32.2. The van der Waals surface area contributed by atoms with E-state index >= 15 is 0 Å². The number of aromatic nitrogens is 3. The fourth-order valence-electron chi connectivity index (χ4n) is 2.36. The molecule has 0 unspecified atom stereocenters. The van der Waals surface area contributed by atoms with Crippen molar-refractivity contribution < 1.29 is 9.21 Å². The first-order chi connectivity index (χ1) is 11.2. The molecule has 0 saturated heterocycles. The molecular weight excluding hydrogens is 310 g/mol. The highest BCUT2D eigenvalue weighted by Crippen LogP contribution is 2.25. The number of furan rings is 1. The number of rotatable bonds is 6. The van der Waals surface area contributed by atoms with Crippen molar-refractivity contribution in [3.63, 3.8) is 0 Å². The second kappa shape index (κ2) is 6.83. The molecule has 0 radical (unpaired) electrons. The van der Waals surface area contributed by atoms with Crippen molar-refractivity contribution in [3.8, 4) is 11.6 Å². The van der Waals surface area contributed by atoms with Crippen molar-refractivity contribution in [3.05, 3.63) is 53.8 Å². The van der Waals surface area contributed by atoms with E-state index in [-0.39, 0.29) is 5.78 Å². The number of ketones is 1. The normalized spacial score (nSPS) is 10.9. The Kier molecular flexibility index (Phi) is 4.62. The Labute approximate surface area is 138 Å². The lowest BCUT2D eigenvalue weighted by Gasteiger charge is -2.06. The number of carbonyl (C=O) groups is 1. The maximum atomic E-state index is 12.4. The molecule has 2 heterocycles. The van der Waals surface area contributed by atoms with Gasteiger partial charge in [0.2, 0.25) is 0 Å². The van der Waals surface area contributed by atoms with Gasteiger partial charge in [0.05, 0.1) is 12.0 Å². The van der Waals surface area contributed by atoms with Crippen LogP contribution < -0.4 is 0 Å². The van der Waals surface area contributed by atoms with Gasteiger partial charge in [-0.25, -0.2) is 0 Å². The van der Waals surface area contributed by atoms with Gasteiger partial charge in [-0.1, -0.05) is 36.0 Å². The summed E-state index contributed by atoms with van der Waals surface area (Å²) in [5.74, 6) is 1.79. The zero-order valence-corrected chi connectivity index (χ0v) is 13.8. The Morgan fingerprint density at radius 2 is 2.04 bits per heavy atom. The Morgan fingerprint density at radius 3 is 2.74 bits per heavy atom. The molecule has 0 bridgehead atoms. The maximum absolute atomic E-state index is 12.4. The van der Waals surface area contributed by atoms with Crippen molar-refractivity contribution >= 4 is 17.5 Å². The van der Waals surface area contributed by atoms with Crippen molar-refractivity contribution in [2.75, 3.05) is 5.75 Å². The highest BCUT2D eigenvalue weighted by molar-refractivity contribution is 7.99. The van der Waals surface area contributed by atoms with Crippen LogP contribution in [-0.4, -0.2) is 26.3 Å². The molecule has 0 fully saturated rings. The first-order valence-electron chi connectivity index (χ1n) is 7.39. The average molecular weight is 327 g/mol. The molecule has 3 rings (SSSR count). The van der Waals surface area contributed by atoms with E-state index in [1.54, 1.807) is 6.26 Å². The van der Waals surface area contributed by atoms with Crippen LogP contribution in [0.25, 0.3) is 11.6 Å². The Morgan fingerprint density at radius 1 is 1.22 bits per heavy atom. The van der Waals surface area contributed by atoms with E-state index in [1.165, 1.54) is 11.8 Å². The van der Waals surface area contributed by atoms with E-state index in [4.69, 9.17) is 4.42 Å². The average Bonchev–Trinajstić information content (AvgIpc) is 3.21. The second-order valence-corrected chi connectivity index (χ2v) is 6.00. The molecule has 23 heavy (non-hydrogen) atoms. The Balaban J connectivity index is 1.76. The number of nitrogens with zero attached hydrogens (tertiary/aromatic N) is 3. The second-order valence-electron chi connectivity index (χ2n) is 5.05. The molecule has 0 N–H and O–H groups in total. The SMILES string of the molecule is CCn1c(SCC(=O)c2ccccc2C)nnc1-c1ccco1. The molecule has 3 aromatic rings. The quantitative estimate of drug-likeness (QED) is 0.508.